The summed E-state index contributed by atoms with van der Waals surface area (Å²) in [4.78, 5) is 12.3. The number of hydrogen-bond acceptors (Lipinski definition) is 3. The van der Waals surface area contributed by atoms with E-state index in [1.54, 1.807) is 12.1 Å². The molecule has 0 radical (unpaired) electrons. The van der Waals surface area contributed by atoms with Gasteiger partial charge in [-0.15, -0.1) is 0 Å². The zero-order valence-corrected chi connectivity index (χ0v) is 13.5. The molecule has 1 amide bonds. The molecule has 0 aliphatic heterocycles. The average molecular weight is 305 g/mol. The predicted molar refractivity (Wildman–Crippen MR) is 86.6 cm³/mol. The fourth-order valence-corrected chi connectivity index (χ4v) is 3.24. The number of nitrogens with one attached hydrogen (secondary N) is 1. The van der Waals surface area contributed by atoms with Crippen molar-refractivity contribution >= 4 is 5.91 Å². The van der Waals surface area contributed by atoms with Crippen LogP contribution in [0.3, 0.4) is 0 Å². The summed E-state index contributed by atoms with van der Waals surface area (Å²) in [6, 6.07) is 6.98. The van der Waals surface area contributed by atoms with Crippen molar-refractivity contribution in [1.29, 1.82) is 0 Å². The molecule has 1 aromatic carbocycles. The normalized spacial score (nSPS) is 18.0. The Labute approximate surface area is 132 Å². The Bertz CT molecular complexity index is 490. The van der Waals surface area contributed by atoms with Crippen LogP contribution in [0, 0.1) is 5.92 Å². The topological polar surface area (TPSA) is 69.6 Å². The molecule has 0 saturated heterocycles. The number of carbonyl (C=O) groups is 1. The molecule has 1 aliphatic rings. The molecule has 2 rings (SSSR count). The second kappa shape index (κ2) is 7.14. The van der Waals surface area contributed by atoms with Crippen molar-refractivity contribution in [2.45, 2.75) is 64.0 Å². The zero-order chi connectivity index (χ0) is 16.2. The molecule has 0 aromatic heterocycles. The molecule has 22 heavy (non-hydrogen) atoms. The maximum absolute atomic E-state index is 12.3. The van der Waals surface area contributed by atoms with Crippen molar-refractivity contribution in [1.82, 2.24) is 5.32 Å². The van der Waals surface area contributed by atoms with Crippen molar-refractivity contribution in [2.24, 2.45) is 5.92 Å². The minimum Gasteiger partial charge on any atom is -0.508 e. The lowest BCUT2D eigenvalue weighted by Gasteiger charge is -2.31. The summed E-state index contributed by atoms with van der Waals surface area (Å²) in [5, 5.41) is 22.5. The summed E-state index contributed by atoms with van der Waals surface area (Å²) in [7, 11) is 0. The van der Waals surface area contributed by atoms with E-state index in [0.29, 0.717) is 6.42 Å². The predicted octanol–water partition coefficient (Wildman–Crippen LogP) is 2.77. The number of phenolic OH excluding ortho intramolecular Hbond substituents is 1. The minimum absolute atomic E-state index is 0.0956. The first kappa shape index (κ1) is 16.8. The van der Waals surface area contributed by atoms with E-state index in [4.69, 9.17) is 0 Å². The summed E-state index contributed by atoms with van der Waals surface area (Å²) >= 11 is 0. The Morgan fingerprint density at radius 3 is 2.41 bits per heavy atom. The first-order valence-electron chi connectivity index (χ1n) is 8.15. The van der Waals surface area contributed by atoms with Crippen LogP contribution in [0.4, 0.5) is 0 Å². The van der Waals surface area contributed by atoms with Gasteiger partial charge in [-0.2, -0.15) is 0 Å². The van der Waals surface area contributed by atoms with Crippen LogP contribution >= 0.6 is 0 Å². The van der Waals surface area contributed by atoms with Gasteiger partial charge in [0.1, 0.15) is 11.9 Å². The third-order valence-electron chi connectivity index (χ3n) is 4.41. The standard InChI is InChI=1S/C18H27NO3/c1-18(2,12-13-8-10-15(20)11-9-13)19-17(22)16(21)14-6-4-3-5-7-14/h8-11,14,16,20-21H,3-7,12H2,1-2H3,(H,19,22)/t16-/m1/s1. The van der Waals surface area contributed by atoms with E-state index < -0.39 is 11.6 Å². The Morgan fingerprint density at radius 2 is 1.82 bits per heavy atom. The fourth-order valence-electron chi connectivity index (χ4n) is 3.24. The van der Waals surface area contributed by atoms with E-state index in [1.807, 2.05) is 26.0 Å². The lowest BCUT2D eigenvalue weighted by molar-refractivity contribution is -0.134. The molecule has 1 aromatic rings. The maximum atomic E-state index is 12.3. The Balaban J connectivity index is 1.91. The molecule has 1 saturated carbocycles. The fraction of sp³-hybridized carbons (Fsp3) is 0.611. The number of hydrogen-bond donors (Lipinski definition) is 3. The maximum Gasteiger partial charge on any atom is 0.249 e. The summed E-state index contributed by atoms with van der Waals surface area (Å²) in [6.45, 7) is 3.90. The SMILES string of the molecule is CC(C)(Cc1ccc(O)cc1)NC(=O)[C@H](O)C1CCCCC1. The van der Waals surface area contributed by atoms with Crippen LogP contribution in [0.15, 0.2) is 24.3 Å². The molecular formula is C18H27NO3. The van der Waals surface area contributed by atoms with Gasteiger partial charge >= 0.3 is 0 Å². The van der Waals surface area contributed by atoms with Gasteiger partial charge in [0.25, 0.3) is 0 Å². The van der Waals surface area contributed by atoms with E-state index in [9.17, 15) is 15.0 Å². The number of carbonyl (C=O) groups excluding carboxylic acids is 1. The van der Waals surface area contributed by atoms with Crippen molar-refractivity contribution in [3.8, 4) is 5.75 Å². The second-order valence-corrected chi connectivity index (χ2v) is 7.06. The van der Waals surface area contributed by atoms with E-state index in [-0.39, 0.29) is 17.6 Å². The molecule has 122 valence electrons. The Kier molecular flexibility index (Phi) is 5.46. The molecule has 0 unspecified atom stereocenters. The zero-order valence-electron chi connectivity index (χ0n) is 13.5. The van der Waals surface area contributed by atoms with Crippen LogP contribution in [-0.4, -0.2) is 27.8 Å². The number of benzene rings is 1. The van der Waals surface area contributed by atoms with Gasteiger partial charge in [0.2, 0.25) is 5.91 Å². The van der Waals surface area contributed by atoms with Crippen molar-refractivity contribution in [3.63, 3.8) is 0 Å². The molecule has 0 heterocycles. The monoisotopic (exact) mass is 305 g/mol. The molecule has 1 atom stereocenters. The summed E-state index contributed by atoms with van der Waals surface area (Å²) < 4.78 is 0. The van der Waals surface area contributed by atoms with Gasteiger partial charge in [-0.05, 0) is 56.7 Å². The quantitative estimate of drug-likeness (QED) is 0.783. The van der Waals surface area contributed by atoms with E-state index in [2.05, 4.69) is 5.32 Å². The van der Waals surface area contributed by atoms with Crippen LogP contribution < -0.4 is 5.32 Å². The molecule has 1 aliphatic carbocycles. The minimum atomic E-state index is -0.903. The molecule has 0 spiro atoms. The highest BCUT2D eigenvalue weighted by Crippen LogP contribution is 2.27. The molecule has 1 fully saturated rings. The average Bonchev–Trinajstić information content (AvgIpc) is 2.49. The van der Waals surface area contributed by atoms with Gasteiger partial charge in [-0.1, -0.05) is 31.4 Å². The van der Waals surface area contributed by atoms with Crippen LogP contribution in [0.25, 0.3) is 0 Å². The Morgan fingerprint density at radius 1 is 1.23 bits per heavy atom. The number of phenols is 1. The largest absolute Gasteiger partial charge is 0.508 e. The highest BCUT2D eigenvalue weighted by Gasteiger charge is 2.31. The molecular weight excluding hydrogens is 278 g/mol. The van der Waals surface area contributed by atoms with Gasteiger partial charge in [0, 0.05) is 5.54 Å². The third kappa shape index (κ3) is 4.73. The first-order chi connectivity index (χ1) is 10.4. The lowest BCUT2D eigenvalue weighted by Crippen LogP contribution is -2.51. The van der Waals surface area contributed by atoms with Crippen LogP contribution in [0.5, 0.6) is 5.75 Å². The van der Waals surface area contributed by atoms with Crippen LogP contribution in [0.2, 0.25) is 0 Å². The Hall–Kier alpha value is -1.55. The van der Waals surface area contributed by atoms with Crippen molar-refractivity contribution in [3.05, 3.63) is 29.8 Å². The molecule has 3 N–H and O–H groups in total. The van der Waals surface area contributed by atoms with Crippen LogP contribution in [-0.2, 0) is 11.2 Å². The molecule has 4 heteroatoms. The van der Waals surface area contributed by atoms with Gasteiger partial charge in [-0.3, -0.25) is 4.79 Å². The number of rotatable bonds is 5. The molecule has 4 nitrogen and oxygen atoms in total. The summed E-state index contributed by atoms with van der Waals surface area (Å²) in [5.41, 5.74) is 0.597. The van der Waals surface area contributed by atoms with Crippen LogP contribution in [0.1, 0.15) is 51.5 Å². The number of aliphatic hydroxyl groups is 1. The van der Waals surface area contributed by atoms with Gasteiger partial charge < -0.3 is 15.5 Å². The smallest absolute Gasteiger partial charge is 0.249 e. The number of aliphatic hydroxyl groups excluding tert-OH is 1. The van der Waals surface area contributed by atoms with E-state index in [1.165, 1.54) is 6.42 Å². The highest BCUT2D eigenvalue weighted by molar-refractivity contribution is 5.81. The van der Waals surface area contributed by atoms with E-state index in [0.717, 1.165) is 31.2 Å². The van der Waals surface area contributed by atoms with Crippen molar-refractivity contribution in [2.75, 3.05) is 0 Å². The van der Waals surface area contributed by atoms with Gasteiger partial charge in [0.05, 0.1) is 0 Å². The third-order valence-corrected chi connectivity index (χ3v) is 4.41. The first-order valence-corrected chi connectivity index (χ1v) is 8.15. The number of amides is 1. The van der Waals surface area contributed by atoms with Crippen molar-refractivity contribution < 1.29 is 15.0 Å². The lowest BCUT2D eigenvalue weighted by atomic mass is 9.84. The van der Waals surface area contributed by atoms with Gasteiger partial charge in [-0.25, -0.2) is 0 Å². The number of aromatic hydroxyl groups is 1. The van der Waals surface area contributed by atoms with E-state index >= 15 is 0 Å². The highest BCUT2D eigenvalue weighted by atomic mass is 16.3. The summed E-state index contributed by atoms with van der Waals surface area (Å²) in [6.07, 6.45) is 5.03. The summed E-state index contributed by atoms with van der Waals surface area (Å²) in [5.74, 6) is 0.0622. The second-order valence-electron chi connectivity index (χ2n) is 7.06. The molecule has 0 bridgehead atoms. The van der Waals surface area contributed by atoms with Gasteiger partial charge in [0.15, 0.2) is 0 Å².